The zero-order valence-electron chi connectivity index (χ0n) is 18.9. The van der Waals surface area contributed by atoms with Gasteiger partial charge < -0.3 is 10.6 Å². The molecule has 30 heavy (non-hydrogen) atoms. The molecule has 6 nitrogen and oxygen atoms in total. The molecule has 0 aliphatic heterocycles. The van der Waals surface area contributed by atoms with Crippen LogP contribution in [0.4, 0.5) is 5.69 Å². The molecule has 0 aromatic heterocycles. The Bertz CT molecular complexity index is 856. The van der Waals surface area contributed by atoms with Crippen molar-refractivity contribution in [2.24, 2.45) is 5.92 Å². The minimum Gasteiger partial charge on any atom is -0.352 e. The third kappa shape index (κ3) is 6.56. The standard InChI is InChI=1S/C23H36N2O4S/c1-15-13-17(3)22(18(4)14-15)25-21(26)11-8-12-30(28,29)19(5)23(27)24-20-10-7-6-9-16(20)2/h13-14,16,19-20H,6-12H2,1-5H3,(H,24,27)(H,25,26). The number of carbonyl (C=O) groups is 2. The predicted molar refractivity (Wildman–Crippen MR) is 121 cm³/mol. The summed E-state index contributed by atoms with van der Waals surface area (Å²) < 4.78 is 25.2. The van der Waals surface area contributed by atoms with Crippen LogP contribution in [0.3, 0.4) is 0 Å². The molecule has 3 atom stereocenters. The molecule has 0 bridgehead atoms. The van der Waals surface area contributed by atoms with Crippen molar-refractivity contribution < 1.29 is 18.0 Å². The second kappa shape index (κ2) is 10.4. The van der Waals surface area contributed by atoms with Crippen LogP contribution in [0.25, 0.3) is 0 Å². The van der Waals surface area contributed by atoms with Gasteiger partial charge in [-0.05, 0) is 64.0 Å². The highest BCUT2D eigenvalue weighted by molar-refractivity contribution is 7.92. The van der Waals surface area contributed by atoms with Crippen molar-refractivity contribution in [1.29, 1.82) is 0 Å². The zero-order chi connectivity index (χ0) is 22.5. The van der Waals surface area contributed by atoms with Gasteiger partial charge in [0.25, 0.3) is 0 Å². The lowest BCUT2D eigenvalue weighted by Crippen LogP contribution is -2.47. The molecule has 2 amide bonds. The van der Waals surface area contributed by atoms with Crippen LogP contribution >= 0.6 is 0 Å². The Morgan fingerprint density at radius 2 is 1.70 bits per heavy atom. The highest BCUT2D eigenvalue weighted by Crippen LogP contribution is 2.24. The number of nitrogens with one attached hydrogen (secondary N) is 2. The van der Waals surface area contributed by atoms with Crippen molar-refractivity contribution in [3.63, 3.8) is 0 Å². The van der Waals surface area contributed by atoms with Gasteiger partial charge in [0.15, 0.2) is 9.84 Å². The van der Waals surface area contributed by atoms with E-state index in [4.69, 9.17) is 0 Å². The van der Waals surface area contributed by atoms with Gasteiger partial charge in [-0.3, -0.25) is 9.59 Å². The number of benzene rings is 1. The maximum absolute atomic E-state index is 12.6. The van der Waals surface area contributed by atoms with E-state index in [9.17, 15) is 18.0 Å². The van der Waals surface area contributed by atoms with E-state index in [0.717, 1.165) is 48.1 Å². The van der Waals surface area contributed by atoms with E-state index in [0.29, 0.717) is 5.92 Å². The minimum absolute atomic E-state index is 0.0515. The molecular formula is C23H36N2O4S. The first kappa shape index (κ1) is 24.4. The molecule has 2 N–H and O–H groups in total. The molecule has 1 saturated carbocycles. The predicted octanol–water partition coefficient (Wildman–Crippen LogP) is 3.83. The topological polar surface area (TPSA) is 92.3 Å². The molecule has 1 aromatic rings. The number of rotatable bonds is 8. The van der Waals surface area contributed by atoms with Crippen molar-refractivity contribution in [3.8, 4) is 0 Å². The Hall–Kier alpha value is -1.89. The molecule has 7 heteroatoms. The number of aryl methyl sites for hydroxylation is 3. The van der Waals surface area contributed by atoms with Crippen LogP contribution in [-0.2, 0) is 19.4 Å². The van der Waals surface area contributed by atoms with Gasteiger partial charge in [0.1, 0.15) is 5.25 Å². The summed E-state index contributed by atoms with van der Waals surface area (Å²) in [6.45, 7) is 9.42. The Kier molecular flexibility index (Phi) is 8.47. The molecule has 1 aliphatic carbocycles. The van der Waals surface area contributed by atoms with Gasteiger partial charge in [0.05, 0.1) is 5.75 Å². The lowest BCUT2D eigenvalue weighted by atomic mass is 9.86. The maximum atomic E-state index is 12.6. The molecule has 1 aliphatic rings. The van der Waals surface area contributed by atoms with Gasteiger partial charge in [0.2, 0.25) is 11.8 Å². The number of amides is 2. The molecule has 168 valence electrons. The van der Waals surface area contributed by atoms with Crippen molar-refractivity contribution in [1.82, 2.24) is 5.32 Å². The monoisotopic (exact) mass is 436 g/mol. The van der Waals surface area contributed by atoms with Crippen LogP contribution in [0.5, 0.6) is 0 Å². The summed E-state index contributed by atoms with van der Waals surface area (Å²) in [5.74, 6) is -0.450. The van der Waals surface area contributed by atoms with E-state index in [1.54, 1.807) is 0 Å². The Labute approximate surface area is 181 Å². The molecular weight excluding hydrogens is 400 g/mol. The first-order chi connectivity index (χ1) is 14.0. The van der Waals surface area contributed by atoms with Crippen LogP contribution in [0.1, 0.15) is 69.1 Å². The molecule has 1 aromatic carbocycles. The SMILES string of the molecule is Cc1cc(C)c(NC(=O)CCCS(=O)(=O)C(C)C(=O)NC2CCCCC2C)c(C)c1. The summed E-state index contributed by atoms with van der Waals surface area (Å²) in [7, 11) is -3.61. The van der Waals surface area contributed by atoms with Gasteiger partial charge in [-0.15, -0.1) is 0 Å². The quantitative estimate of drug-likeness (QED) is 0.648. The zero-order valence-corrected chi connectivity index (χ0v) is 19.7. The lowest BCUT2D eigenvalue weighted by Gasteiger charge is -2.30. The van der Waals surface area contributed by atoms with Crippen molar-refractivity contribution in [2.75, 3.05) is 11.1 Å². The van der Waals surface area contributed by atoms with Crippen LogP contribution in [-0.4, -0.2) is 37.3 Å². The first-order valence-corrected chi connectivity index (χ1v) is 12.6. The molecule has 3 unspecified atom stereocenters. The van der Waals surface area contributed by atoms with Gasteiger partial charge in [-0.25, -0.2) is 8.42 Å². The summed E-state index contributed by atoms with van der Waals surface area (Å²) >= 11 is 0. The third-order valence-corrected chi connectivity index (χ3v) is 8.27. The molecule has 0 radical (unpaired) electrons. The van der Waals surface area contributed by atoms with E-state index in [1.807, 2.05) is 32.9 Å². The van der Waals surface area contributed by atoms with Crippen LogP contribution in [0.2, 0.25) is 0 Å². The van der Waals surface area contributed by atoms with Crippen LogP contribution in [0, 0.1) is 26.7 Å². The van der Waals surface area contributed by atoms with Gasteiger partial charge in [0, 0.05) is 18.2 Å². The normalized spacial score (nSPS) is 20.4. The number of carbonyl (C=O) groups excluding carboxylic acids is 2. The Balaban J connectivity index is 1.85. The average Bonchev–Trinajstić information content (AvgIpc) is 2.65. The second-order valence-electron chi connectivity index (χ2n) is 8.81. The van der Waals surface area contributed by atoms with Crippen molar-refractivity contribution >= 4 is 27.3 Å². The summed E-state index contributed by atoms with van der Waals surface area (Å²) in [5.41, 5.74) is 3.87. The Morgan fingerprint density at radius 1 is 1.10 bits per heavy atom. The average molecular weight is 437 g/mol. The smallest absolute Gasteiger partial charge is 0.238 e. The number of sulfone groups is 1. The van der Waals surface area contributed by atoms with E-state index in [2.05, 4.69) is 17.6 Å². The van der Waals surface area contributed by atoms with E-state index in [1.165, 1.54) is 6.92 Å². The minimum atomic E-state index is -3.61. The molecule has 0 spiro atoms. The fourth-order valence-corrected chi connectivity index (χ4v) is 5.48. The summed E-state index contributed by atoms with van der Waals surface area (Å²) in [4.78, 5) is 24.8. The molecule has 1 fully saturated rings. The molecule has 2 rings (SSSR count). The van der Waals surface area contributed by atoms with Crippen LogP contribution < -0.4 is 10.6 Å². The van der Waals surface area contributed by atoms with Gasteiger partial charge >= 0.3 is 0 Å². The highest BCUT2D eigenvalue weighted by Gasteiger charge is 2.31. The fraction of sp³-hybridized carbons (Fsp3) is 0.652. The number of hydrogen-bond acceptors (Lipinski definition) is 4. The summed E-state index contributed by atoms with van der Waals surface area (Å²) in [6, 6.07) is 4.05. The van der Waals surface area contributed by atoms with Crippen molar-refractivity contribution in [2.45, 2.75) is 84.4 Å². The second-order valence-corrected chi connectivity index (χ2v) is 11.3. The highest BCUT2D eigenvalue weighted by atomic mass is 32.2. The van der Waals surface area contributed by atoms with Gasteiger partial charge in [-0.2, -0.15) is 0 Å². The van der Waals surface area contributed by atoms with E-state index < -0.39 is 21.0 Å². The van der Waals surface area contributed by atoms with Crippen LogP contribution in [0.15, 0.2) is 12.1 Å². The first-order valence-electron chi connectivity index (χ1n) is 10.9. The largest absolute Gasteiger partial charge is 0.352 e. The third-order valence-electron chi connectivity index (χ3n) is 6.12. The van der Waals surface area contributed by atoms with E-state index >= 15 is 0 Å². The lowest BCUT2D eigenvalue weighted by molar-refractivity contribution is -0.121. The Morgan fingerprint density at radius 3 is 2.30 bits per heavy atom. The number of anilines is 1. The van der Waals surface area contributed by atoms with Gasteiger partial charge in [-0.1, -0.05) is 37.5 Å². The van der Waals surface area contributed by atoms with Crippen molar-refractivity contribution in [3.05, 3.63) is 28.8 Å². The molecule has 0 saturated heterocycles. The fourth-order valence-electron chi connectivity index (χ4n) is 4.18. The summed E-state index contributed by atoms with van der Waals surface area (Å²) in [6.07, 6.45) is 4.46. The maximum Gasteiger partial charge on any atom is 0.238 e. The summed E-state index contributed by atoms with van der Waals surface area (Å²) in [5, 5.41) is 4.72. The van der Waals surface area contributed by atoms with E-state index in [-0.39, 0.29) is 30.5 Å². The molecule has 0 heterocycles. The number of hydrogen-bond donors (Lipinski definition) is 2.